The van der Waals surface area contributed by atoms with E-state index >= 15 is 0 Å². The van der Waals surface area contributed by atoms with Gasteiger partial charge in [0.05, 0.1) is 10.6 Å². The van der Waals surface area contributed by atoms with E-state index in [0.717, 1.165) is 17.7 Å². The standard InChI is InChI=1S/C19H16ClN3O/c20-17-11-14(21)7-8-16(17)19(24)23-12-22-9-3-5-15(22)10-13-4-1-2-6-18(13)23/h1-9,11H,10,12,21H2. The van der Waals surface area contributed by atoms with Crippen LogP contribution in [0.2, 0.25) is 5.02 Å². The summed E-state index contributed by atoms with van der Waals surface area (Å²) >= 11 is 6.26. The summed E-state index contributed by atoms with van der Waals surface area (Å²) in [6, 6.07) is 17.1. The molecule has 0 atom stereocenters. The molecule has 0 aliphatic carbocycles. The smallest absolute Gasteiger partial charge is 0.261 e. The van der Waals surface area contributed by atoms with Gasteiger partial charge in [0.15, 0.2) is 0 Å². The summed E-state index contributed by atoms with van der Waals surface area (Å²) in [5.41, 5.74) is 9.96. The summed E-state index contributed by atoms with van der Waals surface area (Å²) in [7, 11) is 0. The number of halogens is 1. The molecular formula is C19H16ClN3O. The number of nitrogen functional groups attached to an aromatic ring is 1. The lowest BCUT2D eigenvalue weighted by Crippen LogP contribution is -2.32. The van der Waals surface area contributed by atoms with Gasteiger partial charge in [0.25, 0.3) is 5.91 Å². The van der Waals surface area contributed by atoms with Crippen LogP contribution < -0.4 is 10.6 Å². The first kappa shape index (κ1) is 14.8. The van der Waals surface area contributed by atoms with Crippen molar-refractivity contribution in [2.24, 2.45) is 0 Å². The molecule has 2 aromatic carbocycles. The van der Waals surface area contributed by atoms with Gasteiger partial charge in [-0.1, -0.05) is 29.8 Å². The maximum Gasteiger partial charge on any atom is 0.261 e. The zero-order chi connectivity index (χ0) is 16.7. The summed E-state index contributed by atoms with van der Waals surface area (Å²) in [5.74, 6) is -0.131. The molecule has 3 aromatic rings. The second-order valence-corrected chi connectivity index (χ2v) is 6.30. The van der Waals surface area contributed by atoms with E-state index in [4.69, 9.17) is 17.3 Å². The molecule has 0 saturated heterocycles. The molecular weight excluding hydrogens is 322 g/mol. The van der Waals surface area contributed by atoms with Crippen LogP contribution in [0, 0.1) is 0 Å². The number of aromatic nitrogens is 1. The van der Waals surface area contributed by atoms with E-state index in [-0.39, 0.29) is 5.91 Å². The topological polar surface area (TPSA) is 51.3 Å². The van der Waals surface area contributed by atoms with Crippen LogP contribution in [-0.2, 0) is 13.1 Å². The molecule has 1 aromatic heterocycles. The van der Waals surface area contributed by atoms with Crippen LogP contribution in [-0.4, -0.2) is 10.5 Å². The van der Waals surface area contributed by atoms with Crippen molar-refractivity contribution in [3.63, 3.8) is 0 Å². The first-order valence-electron chi connectivity index (χ1n) is 7.72. The molecule has 4 rings (SSSR count). The van der Waals surface area contributed by atoms with Crippen LogP contribution in [0.3, 0.4) is 0 Å². The van der Waals surface area contributed by atoms with E-state index in [2.05, 4.69) is 16.7 Å². The number of nitrogens with zero attached hydrogens (tertiary/aromatic N) is 2. The molecule has 0 fully saturated rings. The summed E-state index contributed by atoms with van der Waals surface area (Å²) in [5, 5.41) is 0.370. The second-order valence-electron chi connectivity index (χ2n) is 5.89. The van der Waals surface area contributed by atoms with E-state index in [1.165, 1.54) is 5.69 Å². The van der Waals surface area contributed by atoms with Gasteiger partial charge < -0.3 is 10.3 Å². The Labute approximate surface area is 145 Å². The largest absolute Gasteiger partial charge is 0.399 e. The number of hydrogen-bond acceptors (Lipinski definition) is 2. The molecule has 0 bridgehead atoms. The minimum Gasteiger partial charge on any atom is -0.399 e. The third kappa shape index (κ3) is 2.45. The maximum atomic E-state index is 13.2. The number of benzene rings is 2. The highest BCUT2D eigenvalue weighted by molar-refractivity contribution is 6.34. The van der Waals surface area contributed by atoms with Crippen molar-refractivity contribution in [3.8, 4) is 0 Å². The number of carbonyl (C=O) groups is 1. The van der Waals surface area contributed by atoms with Crippen molar-refractivity contribution in [3.05, 3.63) is 82.6 Å². The van der Waals surface area contributed by atoms with Crippen LogP contribution in [0.1, 0.15) is 21.6 Å². The first-order chi connectivity index (χ1) is 11.6. The number of fused-ring (bicyclic) bond motifs is 2. The molecule has 0 saturated carbocycles. The van der Waals surface area contributed by atoms with Gasteiger partial charge in [-0.3, -0.25) is 9.69 Å². The quantitative estimate of drug-likeness (QED) is 0.684. The van der Waals surface area contributed by atoms with E-state index in [1.807, 2.05) is 30.5 Å². The molecule has 5 heteroatoms. The van der Waals surface area contributed by atoms with Gasteiger partial charge in [0, 0.05) is 29.7 Å². The van der Waals surface area contributed by atoms with Crippen molar-refractivity contribution >= 4 is 28.9 Å². The lowest BCUT2D eigenvalue weighted by Gasteiger charge is -2.24. The molecule has 0 unspecified atom stereocenters. The third-order valence-corrected chi connectivity index (χ3v) is 4.65. The fourth-order valence-electron chi connectivity index (χ4n) is 3.12. The molecule has 1 aliphatic rings. The van der Waals surface area contributed by atoms with E-state index in [9.17, 15) is 4.79 Å². The highest BCUT2D eigenvalue weighted by Crippen LogP contribution is 2.30. The van der Waals surface area contributed by atoms with Crippen molar-refractivity contribution in [2.75, 3.05) is 10.6 Å². The maximum absolute atomic E-state index is 13.2. The molecule has 1 aliphatic heterocycles. The number of carbonyl (C=O) groups excluding carboxylic acids is 1. The average Bonchev–Trinajstić information content (AvgIpc) is 2.93. The normalized spacial score (nSPS) is 13.1. The van der Waals surface area contributed by atoms with E-state index in [1.54, 1.807) is 23.1 Å². The Bertz CT molecular complexity index is 932. The zero-order valence-corrected chi connectivity index (χ0v) is 13.7. The van der Waals surface area contributed by atoms with Crippen molar-refractivity contribution in [1.82, 2.24) is 4.57 Å². The van der Waals surface area contributed by atoms with Gasteiger partial charge in [0.1, 0.15) is 6.67 Å². The summed E-state index contributed by atoms with van der Waals surface area (Å²) in [4.78, 5) is 14.9. The predicted octanol–water partition coefficient (Wildman–Crippen LogP) is 3.93. The number of anilines is 2. The fourth-order valence-corrected chi connectivity index (χ4v) is 3.39. The third-order valence-electron chi connectivity index (χ3n) is 4.34. The highest BCUT2D eigenvalue weighted by atomic mass is 35.5. The van der Waals surface area contributed by atoms with Crippen LogP contribution in [0.4, 0.5) is 11.4 Å². The lowest BCUT2D eigenvalue weighted by atomic mass is 10.1. The highest BCUT2D eigenvalue weighted by Gasteiger charge is 2.25. The monoisotopic (exact) mass is 337 g/mol. The van der Waals surface area contributed by atoms with Gasteiger partial charge in [-0.15, -0.1) is 0 Å². The number of nitrogens with two attached hydrogens (primary N) is 1. The summed E-state index contributed by atoms with van der Waals surface area (Å²) in [6.45, 7) is 0.457. The molecule has 2 heterocycles. The molecule has 24 heavy (non-hydrogen) atoms. The van der Waals surface area contributed by atoms with Crippen molar-refractivity contribution in [1.29, 1.82) is 0 Å². The van der Waals surface area contributed by atoms with Crippen LogP contribution in [0.15, 0.2) is 60.8 Å². The molecule has 0 radical (unpaired) electrons. The molecule has 4 nitrogen and oxygen atoms in total. The Balaban J connectivity index is 1.83. The van der Waals surface area contributed by atoms with Gasteiger partial charge >= 0.3 is 0 Å². The Morgan fingerprint density at radius 1 is 1.08 bits per heavy atom. The van der Waals surface area contributed by atoms with Gasteiger partial charge in [0.2, 0.25) is 0 Å². The van der Waals surface area contributed by atoms with Gasteiger partial charge in [-0.05, 0) is 42.0 Å². The lowest BCUT2D eigenvalue weighted by molar-refractivity contribution is 0.0980. The minimum absolute atomic E-state index is 0.131. The van der Waals surface area contributed by atoms with Gasteiger partial charge in [-0.25, -0.2) is 0 Å². The van der Waals surface area contributed by atoms with E-state index < -0.39 is 0 Å². The molecule has 1 amide bonds. The number of hydrogen-bond donors (Lipinski definition) is 1. The Morgan fingerprint density at radius 3 is 2.75 bits per heavy atom. The van der Waals surface area contributed by atoms with Crippen molar-refractivity contribution in [2.45, 2.75) is 13.1 Å². The molecule has 120 valence electrons. The number of rotatable bonds is 1. The van der Waals surface area contributed by atoms with Crippen LogP contribution in [0.25, 0.3) is 0 Å². The summed E-state index contributed by atoms with van der Waals surface area (Å²) in [6.07, 6.45) is 2.79. The molecule has 2 N–H and O–H groups in total. The SMILES string of the molecule is Nc1ccc(C(=O)N2Cn3cccc3Cc3ccccc32)c(Cl)c1. The molecule has 0 spiro atoms. The van der Waals surface area contributed by atoms with Crippen LogP contribution >= 0.6 is 11.6 Å². The van der Waals surface area contributed by atoms with Crippen LogP contribution in [0.5, 0.6) is 0 Å². The van der Waals surface area contributed by atoms with E-state index in [0.29, 0.717) is 22.9 Å². The average molecular weight is 338 g/mol. The zero-order valence-electron chi connectivity index (χ0n) is 12.9. The van der Waals surface area contributed by atoms with Gasteiger partial charge in [-0.2, -0.15) is 0 Å². The number of amides is 1. The minimum atomic E-state index is -0.131. The summed E-state index contributed by atoms with van der Waals surface area (Å²) < 4.78 is 2.09. The Morgan fingerprint density at radius 2 is 1.92 bits per heavy atom. The second kappa shape index (κ2) is 5.73. The Hall–Kier alpha value is -2.72. The fraction of sp³-hybridized carbons (Fsp3) is 0.105. The predicted molar refractivity (Wildman–Crippen MR) is 96.4 cm³/mol. The first-order valence-corrected chi connectivity index (χ1v) is 8.10. The Kier molecular flexibility index (Phi) is 3.54. The van der Waals surface area contributed by atoms with Crippen molar-refractivity contribution < 1.29 is 4.79 Å². The number of para-hydroxylation sites is 1.